The second kappa shape index (κ2) is 31.5. The van der Waals surface area contributed by atoms with Crippen LogP contribution in [0.4, 0.5) is 0 Å². The smallest absolute Gasteiger partial charge is 1.00 e. The van der Waals surface area contributed by atoms with Crippen molar-refractivity contribution in [1.82, 2.24) is 0 Å². The summed E-state index contributed by atoms with van der Waals surface area (Å²) in [5.74, 6) is 0. The molecule has 0 N–H and O–H groups in total. The van der Waals surface area contributed by atoms with E-state index in [1.165, 1.54) is 140 Å². The van der Waals surface area contributed by atoms with Crippen LogP contribution >= 0.6 is 0 Å². The summed E-state index contributed by atoms with van der Waals surface area (Å²) in [6, 6.07) is 20.8. The summed E-state index contributed by atoms with van der Waals surface area (Å²) in [6.45, 7) is 6.57. The Kier molecular flexibility index (Phi) is 31.5. The van der Waals surface area contributed by atoms with E-state index >= 15 is 0 Å². The van der Waals surface area contributed by atoms with E-state index in [4.69, 9.17) is 4.74 Å². The quantitative estimate of drug-likeness (QED) is 0.0861. The van der Waals surface area contributed by atoms with E-state index in [1.807, 2.05) is 12.1 Å². The normalized spacial score (nSPS) is 10.5. The van der Waals surface area contributed by atoms with Crippen LogP contribution < -0.4 is 0 Å². The van der Waals surface area contributed by atoms with Gasteiger partial charge in [0.1, 0.15) is 0 Å². The first-order valence-corrected chi connectivity index (χ1v) is 16.1. The minimum absolute atomic E-state index is 0. The van der Waals surface area contributed by atoms with Gasteiger partial charge in [0.15, 0.2) is 0 Å². The first-order valence-electron chi connectivity index (χ1n) is 16.1. The van der Waals surface area contributed by atoms with Gasteiger partial charge in [0.2, 0.25) is 0 Å². The molecular weight excluding hydrogens is 586 g/mol. The topological polar surface area (TPSA) is 9.23 Å². The van der Waals surface area contributed by atoms with Gasteiger partial charge >= 0.3 is 48.9 Å². The van der Waals surface area contributed by atoms with Crippen LogP contribution in [0, 0.1) is 0 Å². The first kappa shape index (κ1) is 38.0. The molecule has 2 heteroatoms. The molecule has 38 heavy (non-hydrogen) atoms. The molecule has 0 bridgehead atoms. The van der Waals surface area contributed by atoms with Crippen LogP contribution in [0.3, 0.4) is 0 Å². The summed E-state index contributed by atoms with van der Waals surface area (Å²) in [6.07, 6.45) is 28.2. The molecule has 0 aliphatic heterocycles. The summed E-state index contributed by atoms with van der Waals surface area (Å²) in [5.41, 5.74) is 2.55. The number of unbranched alkanes of at least 4 members (excludes halogenated alkanes) is 18. The minimum Gasteiger partial charge on any atom is -1.00 e. The van der Waals surface area contributed by atoms with Crippen LogP contribution in [0.15, 0.2) is 60.7 Å². The zero-order valence-electron chi connectivity index (χ0n) is 27.4. The summed E-state index contributed by atoms with van der Waals surface area (Å²) in [7, 11) is 0. The Morgan fingerprint density at radius 2 is 0.658 bits per heavy atom. The number of benzene rings is 2. The molecule has 0 atom stereocenters. The van der Waals surface area contributed by atoms with Gasteiger partial charge in [0.25, 0.3) is 0 Å². The van der Waals surface area contributed by atoms with Gasteiger partial charge in [-0.05, 0) is 24.0 Å². The minimum atomic E-state index is 0. The predicted octanol–water partition coefficient (Wildman–Crippen LogP) is 12.0. The SMILES string of the molecule is CCCCCCCCCCCCOCCCCCCCCCCCC.[Ba+2].[H-].[H-].c1ccc(-c2ccccc2)cc1. The Bertz CT molecular complexity index is 624. The molecule has 1 nitrogen and oxygen atoms in total. The van der Waals surface area contributed by atoms with E-state index < -0.39 is 0 Å². The second-order valence-electron chi connectivity index (χ2n) is 10.7. The molecule has 0 aliphatic carbocycles. The maximum Gasteiger partial charge on any atom is 2.00 e. The largest absolute Gasteiger partial charge is 2.00 e. The third-order valence-corrected chi connectivity index (χ3v) is 7.17. The van der Waals surface area contributed by atoms with E-state index in [0.29, 0.717) is 0 Å². The standard InChI is InChI=1S/C24H50O.C12H10.Ba.2H/c1-3-5-7-9-11-13-15-17-19-21-23-25-24-22-20-18-16-14-12-10-8-6-4-2;1-3-7-11(8-4-1)12-9-5-2-6-10-12;;;/h3-24H2,1-2H3;1-10H;;;/q;;+2;2*-1. The molecule has 0 aromatic heterocycles. The predicted molar refractivity (Wildman–Crippen MR) is 174 cm³/mol. The Balaban J connectivity index is -0.000000764. The van der Waals surface area contributed by atoms with Crippen LogP contribution in [0.5, 0.6) is 0 Å². The summed E-state index contributed by atoms with van der Waals surface area (Å²) in [5, 5.41) is 0. The average molecular weight is 648 g/mol. The van der Waals surface area contributed by atoms with Gasteiger partial charge in [0.05, 0.1) is 0 Å². The molecule has 2 aromatic carbocycles. The van der Waals surface area contributed by atoms with Crippen molar-refractivity contribution in [2.24, 2.45) is 0 Å². The Hall–Kier alpha value is -0.0286. The van der Waals surface area contributed by atoms with Crippen molar-refractivity contribution in [3.05, 3.63) is 60.7 Å². The van der Waals surface area contributed by atoms with E-state index in [1.54, 1.807) is 0 Å². The van der Waals surface area contributed by atoms with Crippen molar-refractivity contribution in [3.63, 3.8) is 0 Å². The average Bonchev–Trinajstić information content (AvgIpc) is 2.95. The van der Waals surface area contributed by atoms with Gasteiger partial charge in [-0.3, -0.25) is 0 Å². The van der Waals surface area contributed by atoms with Crippen LogP contribution in [-0.4, -0.2) is 62.1 Å². The Morgan fingerprint density at radius 3 is 0.947 bits per heavy atom. The first-order chi connectivity index (χ1) is 18.4. The number of rotatable bonds is 23. The van der Waals surface area contributed by atoms with Gasteiger partial charge < -0.3 is 7.59 Å². The van der Waals surface area contributed by atoms with Crippen molar-refractivity contribution in [1.29, 1.82) is 0 Å². The van der Waals surface area contributed by atoms with Gasteiger partial charge in [-0.15, -0.1) is 0 Å². The summed E-state index contributed by atoms with van der Waals surface area (Å²) in [4.78, 5) is 0. The van der Waals surface area contributed by atoms with Gasteiger partial charge in [-0.2, -0.15) is 0 Å². The van der Waals surface area contributed by atoms with E-state index in [0.717, 1.165) is 13.2 Å². The number of hydrogen-bond donors (Lipinski definition) is 0. The molecule has 0 unspecified atom stereocenters. The molecule has 0 radical (unpaired) electrons. The van der Waals surface area contributed by atoms with Gasteiger partial charge in [0, 0.05) is 13.2 Å². The fraction of sp³-hybridized carbons (Fsp3) is 0.667. The molecule has 0 heterocycles. The van der Waals surface area contributed by atoms with Crippen LogP contribution in [-0.2, 0) is 4.74 Å². The molecular formula is C36H62BaO. The third-order valence-electron chi connectivity index (χ3n) is 7.17. The molecule has 0 saturated heterocycles. The van der Waals surface area contributed by atoms with Crippen molar-refractivity contribution in [3.8, 4) is 11.1 Å². The zero-order chi connectivity index (χ0) is 26.5. The molecule has 0 aliphatic rings. The van der Waals surface area contributed by atoms with Crippen LogP contribution in [0.2, 0.25) is 0 Å². The molecule has 0 saturated carbocycles. The monoisotopic (exact) mass is 648 g/mol. The van der Waals surface area contributed by atoms with Crippen LogP contribution in [0.25, 0.3) is 11.1 Å². The Labute approximate surface area is 281 Å². The summed E-state index contributed by atoms with van der Waals surface area (Å²) >= 11 is 0. The molecule has 214 valence electrons. The van der Waals surface area contributed by atoms with Crippen molar-refractivity contribution < 1.29 is 7.59 Å². The number of ether oxygens (including phenoxy) is 1. The van der Waals surface area contributed by atoms with Crippen molar-refractivity contribution in [2.75, 3.05) is 13.2 Å². The fourth-order valence-corrected chi connectivity index (χ4v) is 4.75. The molecule has 0 spiro atoms. The van der Waals surface area contributed by atoms with Crippen molar-refractivity contribution in [2.45, 2.75) is 142 Å². The zero-order valence-corrected chi connectivity index (χ0v) is 29.9. The molecule has 0 fully saturated rings. The molecule has 2 aromatic rings. The summed E-state index contributed by atoms with van der Waals surface area (Å²) < 4.78 is 5.78. The Morgan fingerprint density at radius 1 is 0.395 bits per heavy atom. The molecule has 0 amide bonds. The van der Waals surface area contributed by atoms with Crippen molar-refractivity contribution >= 4 is 48.9 Å². The second-order valence-corrected chi connectivity index (χ2v) is 10.7. The van der Waals surface area contributed by atoms with Crippen LogP contribution in [0.1, 0.15) is 145 Å². The fourth-order valence-electron chi connectivity index (χ4n) is 4.75. The van der Waals surface area contributed by atoms with Gasteiger partial charge in [-0.1, -0.05) is 190 Å². The molecule has 2 rings (SSSR count). The van der Waals surface area contributed by atoms with E-state index in [-0.39, 0.29) is 51.7 Å². The van der Waals surface area contributed by atoms with E-state index in [9.17, 15) is 0 Å². The third kappa shape index (κ3) is 25.0. The van der Waals surface area contributed by atoms with Gasteiger partial charge in [-0.25, -0.2) is 0 Å². The van der Waals surface area contributed by atoms with E-state index in [2.05, 4.69) is 62.4 Å². The maximum atomic E-state index is 5.78. The number of hydrogen-bond acceptors (Lipinski definition) is 1. The maximum absolute atomic E-state index is 5.78.